The van der Waals surface area contributed by atoms with Crippen LogP contribution in [0.25, 0.3) is 0 Å². The third-order valence-corrected chi connectivity index (χ3v) is 6.80. The van der Waals surface area contributed by atoms with Crippen LogP contribution in [0.3, 0.4) is 0 Å². The Kier molecular flexibility index (Phi) is 5.44. The topological polar surface area (TPSA) is 66.5 Å². The van der Waals surface area contributed by atoms with Gasteiger partial charge in [-0.25, -0.2) is 8.42 Å². The summed E-state index contributed by atoms with van der Waals surface area (Å²) in [6.45, 7) is 4.48. The maximum Gasteiger partial charge on any atom is 0.255 e. The first-order valence-corrected chi connectivity index (χ1v) is 10.3. The number of hydrogen-bond acceptors (Lipinski definition) is 3. The van der Waals surface area contributed by atoms with Gasteiger partial charge in [-0.2, -0.15) is 4.31 Å². The number of hydrogen-bond donors (Lipinski definition) is 1. The molecule has 2 aromatic carbocycles. The second-order valence-electron chi connectivity index (χ2n) is 6.81. The van der Waals surface area contributed by atoms with Crippen molar-refractivity contribution in [2.24, 2.45) is 0 Å². The first-order chi connectivity index (χ1) is 12.4. The van der Waals surface area contributed by atoms with Gasteiger partial charge in [-0.05, 0) is 63.1 Å². The Balaban J connectivity index is 1.75. The monoisotopic (exact) mass is 372 g/mol. The first kappa shape index (κ1) is 18.6. The van der Waals surface area contributed by atoms with E-state index in [1.54, 1.807) is 16.4 Å². The molecule has 1 aliphatic rings. The minimum Gasteiger partial charge on any atom is -0.322 e. The molecular formula is C20H24N2O3S. The van der Waals surface area contributed by atoms with E-state index in [-0.39, 0.29) is 16.8 Å². The van der Waals surface area contributed by atoms with E-state index in [2.05, 4.69) is 5.32 Å². The van der Waals surface area contributed by atoms with Crippen molar-refractivity contribution in [3.63, 3.8) is 0 Å². The van der Waals surface area contributed by atoms with Gasteiger partial charge in [-0.15, -0.1) is 0 Å². The number of benzene rings is 2. The summed E-state index contributed by atoms with van der Waals surface area (Å²) in [6, 6.07) is 13.7. The minimum atomic E-state index is -3.52. The molecule has 6 heteroatoms. The van der Waals surface area contributed by atoms with E-state index in [0.29, 0.717) is 17.8 Å². The van der Waals surface area contributed by atoms with Gasteiger partial charge in [0.15, 0.2) is 0 Å². The van der Waals surface area contributed by atoms with Crippen LogP contribution in [0.1, 0.15) is 42.1 Å². The van der Waals surface area contributed by atoms with Gasteiger partial charge in [0.05, 0.1) is 4.90 Å². The fourth-order valence-electron chi connectivity index (χ4n) is 3.18. The van der Waals surface area contributed by atoms with E-state index in [4.69, 9.17) is 0 Å². The molecular weight excluding hydrogens is 348 g/mol. The summed E-state index contributed by atoms with van der Waals surface area (Å²) in [7, 11) is -3.52. The molecule has 0 aromatic heterocycles. The predicted octanol–water partition coefficient (Wildman–Crippen LogP) is 3.81. The minimum absolute atomic E-state index is 0.0123. The number of sulfonamides is 1. The Morgan fingerprint density at radius 1 is 1.04 bits per heavy atom. The highest BCUT2D eigenvalue weighted by molar-refractivity contribution is 7.89. The zero-order valence-electron chi connectivity index (χ0n) is 15.1. The number of carbonyl (C=O) groups is 1. The average molecular weight is 372 g/mol. The number of piperidine rings is 1. The number of aryl methyl sites for hydroxylation is 1. The lowest BCUT2D eigenvalue weighted by atomic mass is 10.1. The summed E-state index contributed by atoms with van der Waals surface area (Å²) in [5, 5.41) is 2.82. The Hall–Kier alpha value is -2.18. The molecule has 0 unspecified atom stereocenters. The highest BCUT2D eigenvalue weighted by Crippen LogP contribution is 2.25. The number of nitrogens with one attached hydrogen (secondary N) is 1. The zero-order chi connectivity index (χ0) is 18.7. The SMILES string of the molecule is Cc1ccc(NC(=O)c2ccc(S(=O)(=O)N3CCCC[C@@H]3C)cc2)cc1. The number of carbonyl (C=O) groups excluding carboxylic acids is 1. The molecule has 1 heterocycles. The van der Waals surface area contributed by atoms with Gasteiger partial charge in [-0.3, -0.25) is 4.79 Å². The molecule has 1 amide bonds. The van der Waals surface area contributed by atoms with E-state index < -0.39 is 10.0 Å². The van der Waals surface area contributed by atoms with Crippen LogP contribution in [-0.2, 0) is 10.0 Å². The van der Waals surface area contributed by atoms with Crippen molar-refractivity contribution in [2.75, 3.05) is 11.9 Å². The fraction of sp³-hybridized carbons (Fsp3) is 0.350. The molecule has 0 radical (unpaired) electrons. The van der Waals surface area contributed by atoms with Crippen LogP contribution < -0.4 is 5.32 Å². The standard InChI is InChI=1S/C20H24N2O3S/c1-15-6-10-18(11-7-15)21-20(23)17-8-12-19(13-9-17)26(24,25)22-14-4-3-5-16(22)2/h6-13,16H,3-5,14H2,1-2H3,(H,21,23)/t16-/m0/s1. The van der Waals surface area contributed by atoms with Gasteiger partial charge < -0.3 is 5.32 Å². The lowest BCUT2D eigenvalue weighted by Crippen LogP contribution is -2.41. The predicted molar refractivity (Wildman–Crippen MR) is 103 cm³/mol. The number of rotatable bonds is 4. The Morgan fingerprint density at radius 3 is 2.31 bits per heavy atom. The second kappa shape index (κ2) is 7.60. The Morgan fingerprint density at radius 2 is 1.69 bits per heavy atom. The smallest absolute Gasteiger partial charge is 0.255 e. The summed E-state index contributed by atoms with van der Waals surface area (Å²) in [4.78, 5) is 12.6. The molecule has 0 saturated carbocycles. The third kappa shape index (κ3) is 3.97. The van der Waals surface area contributed by atoms with Crippen molar-refractivity contribution < 1.29 is 13.2 Å². The molecule has 26 heavy (non-hydrogen) atoms. The average Bonchev–Trinajstić information content (AvgIpc) is 2.64. The Bertz CT molecular complexity index is 874. The van der Waals surface area contributed by atoms with Crippen molar-refractivity contribution in [2.45, 2.75) is 44.0 Å². The van der Waals surface area contributed by atoms with Gasteiger partial charge in [0.2, 0.25) is 10.0 Å². The van der Waals surface area contributed by atoms with Crippen molar-refractivity contribution in [3.05, 3.63) is 59.7 Å². The van der Waals surface area contributed by atoms with Crippen molar-refractivity contribution in [3.8, 4) is 0 Å². The fourth-order valence-corrected chi connectivity index (χ4v) is 4.88. The zero-order valence-corrected chi connectivity index (χ0v) is 15.9. The second-order valence-corrected chi connectivity index (χ2v) is 8.70. The van der Waals surface area contributed by atoms with E-state index >= 15 is 0 Å². The summed E-state index contributed by atoms with van der Waals surface area (Å²) in [6.07, 6.45) is 2.84. The van der Waals surface area contributed by atoms with Gasteiger partial charge in [0, 0.05) is 23.8 Å². The molecule has 138 valence electrons. The summed E-state index contributed by atoms with van der Waals surface area (Å²) in [5.74, 6) is -0.260. The van der Waals surface area contributed by atoms with Crippen LogP contribution in [-0.4, -0.2) is 31.2 Å². The van der Waals surface area contributed by atoms with Crippen LogP contribution in [0.15, 0.2) is 53.4 Å². The lowest BCUT2D eigenvalue weighted by Gasteiger charge is -2.32. The first-order valence-electron chi connectivity index (χ1n) is 8.88. The number of nitrogens with zero attached hydrogens (tertiary/aromatic N) is 1. The van der Waals surface area contributed by atoms with E-state index in [9.17, 15) is 13.2 Å². The molecule has 1 saturated heterocycles. The lowest BCUT2D eigenvalue weighted by molar-refractivity contribution is 0.102. The molecule has 1 N–H and O–H groups in total. The van der Waals surface area contributed by atoms with Gasteiger partial charge in [0.25, 0.3) is 5.91 Å². The number of amides is 1. The maximum atomic E-state index is 12.8. The summed E-state index contributed by atoms with van der Waals surface area (Å²) < 4.78 is 27.2. The number of anilines is 1. The van der Waals surface area contributed by atoms with Gasteiger partial charge in [0.1, 0.15) is 0 Å². The molecule has 1 atom stereocenters. The molecule has 2 aromatic rings. The van der Waals surface area contributed by atoms with E-state index in [1.807, 2.05) is 38.1 Å². The highest BCUT2D eigenvalue weighted by Gasteiger charge is 2.30. The molecule has 3 rings (SSSR count). The summed E-state index contributed by atoms with van der Waals surface area (Å²) >= 11 is 0. The van der Waals surface area contributed by atoms with Crippen LogP contribution >= 0.6 is 0 Å². The van der Waals surface area contributed by atoms with Crippen molar-refractivity contribution in [1.82, 2.24) is 4.31 Å². The van der Waals surface area contributed by atoms with Crippen LogP contribution in [0, 0.1) is 6.92 Å². The van der Waals surface area contributed by atoms with Crippen LogP contribution in [0.5, 0.6) is 0 Å². The molecule has 1 fully saturated rings. The molecule has 0 aliphatic carbocycles. The largest absolute Gasteiger partial charge is 0.322 e. The van der Waals surface area contributed by atoms with Crippen LogP contribution in [0.4, 0.5) is 5.69 Å². The molecule has 0 spiro atoms. The Labute approximate surface area is 155 Å². The van der Waals surface area contributed by atoms with Gasteiger partial charge in [-0.1, -0.05) is 24.1 Å². The van der Waals surface area contributed by atoms with Crippen molar-refractivity contribution in [1.29, 1.82) is 0 Å². The maximum absolute atomic E-state index is 12.8. The quantitative estimate of drug-likeness (QED) is 0.887. The normalized spacial score (nSPS) is 18.5. The van der Waals surface area contributed by atoms with E-state index in [1.165, 1.54) is 12.1 Å². The molecule has 1 aliphatic heterocycles. The third-order valence-electron chi connectivity index (χ3n) is 4.77. The van der Waals surface area contributed by atoms with E-state index in [0.717, 1.165) is 24.8 Å². The molecule has 0 bridgehead atoms. The van der Waals surface area contributed by atoms with Crippen LogP contribution in [0.2, 0.25) is 0 Å². The summed E-state index contributed by atoms with van der Waals surface area (Å²) in [5.41, 5.74) is 2.25. The van der Waals surface area contributed by atoms with Crippen molar-refractivity contribution >= 4 is 21.6 Å². The molecule has 5 nitrogen and oxygen atoms in total. The highest BCUT2D eigenvalue weighted by atomic mass is 32.2. The van der Waals surface area contributed by atoms with Gasteiger partial charge >= 0.3 is 0 Å².